The summed E-state index contributed by atoms with van der Waals surface area (Å²) in [6.07, 6.45) is 4.70. The summed E-state index contributed by atoms with van der Waals surface area (Å²) in [6, 6.07) is 0. The third-order valence-electron chi connectivity index (χ3n) is 7.15. The monoisotopic (exact) mass is 330 g/mol. The minimum Gasteiger partial charge on any atom is -0.366 e. The molecule has 1 unspecified atom stereocenters. The van der Waals surface area contributed by atoms with Gasteiger partial charge in [0.2, 0.25) is 0 Å². The number of allylic oxidation sites excluding steroid dienone is 2. The van der Waals surface area contributed by atoms with Gasteiger partial charge in [-0.05, 0) is 51.2 Å². The van der Waals surface area contributed by atoms with Crippen LogP contribution in [0.5, 0.6) is 0 Å². The smallest absolute Gasteiger partial charge is 0.194 e. The molecule has 0 radical (unpaired) electrons. The van der Waals surface area contributed by atoms with Crippen LogP contribution < -0.4 is 0 Å². The van der Waals surface area contributed by atoms with E-state index in [0.29, 0.717) is 5.57 Å². The molecule has 4 rings (SSSR count). The fraction of sp³-hybridized carbons (Fsp3) is 0.700. The van der Waals surface area contributed by atoms with E-state index in [4.69, 9.17) is 9.47 Å². The Balaban J connectivity index is 1.74. The molecule has 130 valence electrons. The van der Waals surface area contributed by atoms with Crippen LogP contribution in [0.15, 0.2) is 23.8 Å². The van der Waals surface area contributed by atoms with Crippen LogP contribution in [0, 0.1) is 11.3 Å². The second-order valence-electron chi connectivity index (χ2n) is 8.71. The van der Waals surface area contributed by atoms with E-state index in [0.717, 1.165) is 31.3 Å². The standard InChI is InChI=1S/C20H26O4/c1-11-13-10-14(21)12(2)18(11,3)8-9-19(4)15(23-19)6-7-20(5)17(24-20)16(13)22/h10,12,15,17H,1,6-9H2,2-5H3/t12?,15-,17+,18+,19-,20+/m0/s1. The van der Waals surface area contributed by atoms with Crippen LogP contribution in [0.3, 0.4) is 0 Å². The van der Waals surface area contributed by atoms with Gasteiger partial charge in [0.25, 0.3) is 0 Å². The molecular formula is C20H26O4. The van der Waals surface area contributed by atoms with Gasteiger partial charge >= 0.3 is 0 Å². The summed E-state index contributed by atoms with van der Waals surface area (Å²) in [5.74, 6) is -0.225. The summed E-state index contributed by atoms with van der Waals surface area (Å²) in [5.41, 5.74) is 0.331. The number of Topliss-reactive ketones (excluding diaryl/α,β-unsaturated/α-hetero) is 1. The lowest BCUT2D eigenvalue weighted by molar-refractivity contribution is -0.123. The van der Waals surface area contributed by atoms with Gasteiger partial charge in [-0.1, -0.05) is 20.4 Å². The van der Waals surface area contributed by atoms with E-state index in [-0.39, 0.29) is 29.2 Å². The zero-order chi connectivity index (χ0) is 17.5. The second-order valence-corrected chi connectivity index (χ2v) is 8.71. The van der Waals surface area contributed by atoms with Gasteiger partial charge in [-0.25, -0.2) is 0 Å². The SMILES string of the molecule is C=C1C2=CC(=O)C(C)[C@]1(C)CC[C@]1(C)O[C@H]1CC[C@@]1(C)O[C@@H]1C2=O. The van der Waals surface area contributed by atoms with E-state index in [9.17, 15) is 9.59 Å². The molecule has 1 saturated carbocycles. The first kappa shape index (κ1) is 16.2. The summed E-state index contributed by atoms with van der Waals surface area (Å²) < 4.78 is 11.7. The van der Waals surface area contributed by atoms with Crippen LogP contribution in [0.1, 0.15) is 53.4 Å². The summed E-state index contributed by atoms with van der Waals surface area (Å²) in [5, 5.41) is 0. The molecule has 2 heterocycles. The fourth-order valence-electron chi connectivity index (χ4n) is 4.52. The van der Waals surface area contributed by atoms with E-state index in [1.807, 2.05) is 13.8 Å². The molecule has 0 aromatic carbocycles. The van der Waals surface area contributed by atoms with Crippen molar-refractivity contribution < 1.29 is 19.1 Å². The highest BCUT2D eigenvalue weighted by Gasteiger charge is 2.61. The minimum absolute atomic E-state index is 0.0195. The van der Waals surface area contributed by atoms with Crippen molar-refractivity contribution in [1.29, 1.82) is 0 Å². The Labute approximate surface area is 143 Å². The predicted octanol–water partition coefficient (Wildman–Crippen LogP) is 3.15. The molecule has 2 aliphatic carbocycles. The number of hydrogen-bond donors (Lipinski definition) is 0. The van der Waals surface area contributed by atoms with Gasteiger partial charge in [0.05, 0.1) is 11.7 Å². The Hall–Kier alpha value is -1.26. The molecule has 4 nitrogen and oxygen atoms in total. The molecule has 0 aromatic heterocycles. The van der Waals surface area contributed by atoms with Crippen molar-refractivity contribution >= 4 is 11.6 Å². The largest absolute Gasteiger partial charge is 0.366 e. The Kier molecular flexibility index (Phi) is 3.16. The first-order valence-corrected chi connectivity index (χ1v) is 8.96. The lowest BCUT2D eigenvalue weighted by atomic mass is 9.61. The van der Waals surface area contributed by atoms with Gasteiger partial charge < -0.3 is 9.47 Å². The van der Waals surface area contributed by atoms with Crippen molar-refractivity contribution in [3.63, 3.8) is 0 Å². The van der Waals surface area contributed by atoms with E-state index in [1.54, 1.807) is 0 Å². The number of hydrogen-bond acceptors (Lipinski definition) is 4. The van der Waals surface area contributed by atoms with Crippen LogP contribution >= 0.6 is 0 Å². The maximum Gasteiger partial charge on any atom is 0.194 e. The topological polar surface area (TPSA) is 59.2 Å². The minimum atomic E-state index is -0.449. The van der Waals surface area contributed by atoms with E-state index < -0.39 is 17.1 Å². The molecule has 4 heteroatoms. The molecule has 2 aliphatic heterocycles. The van der Waals surface area contributed by atoms with Crippen LogP contribution in [-0.4, -0.2) is 35.0 Å². The number of ketones is 2. The van der Waals surface area contributed by atoms with Crippen LogP contribution in [0.25, 0.3) is 0 Å². The number of epoxide rings is 2. The molecule has 2 bridgehead atoms. The molecule has 4 aliphatic rings. The van der Waals surface area contributed by atoms with Crippen LogP contribution in [0.2, 0.25) is 0 Å². The Bertz CT molecular complexity index is 692. The van der Waals surface area contributed by atoms with E-state index in [2.05, 4.69) is 20.4 Å². The summed E-state index contributed by atoms with van der Waals surface area (Å²) in [6.45, 7) is 12.4. The van der Waals surface area contributed by atoms with Crippen molar-refractivity contribution in [3.05, 3.63) is 23.8 Å². The maximum absolute atomic E-state index is 12.9. The highest BCUT2D eigenvalue weighted by Crippen LogP contribution is 2.54. The lowest BCUT2D eigenvalue weighted by Gasteiger charge is -2.41. The average Bonchev–Trinajstić information content (AvgIpc) is 3.40. The first-order chi connectivity index (χ1) is 11.1. The third kappa shape index (κ3) is 2.12. The molecule has 24 heavy (non-hydrogen) atoms. The molecule has 0 aromatic rings. The average molecular weight is 330 g/mol. The highest BCUT2D eigenvalue weighted by atomic mass is 16.6. The highest BCUT2D eigenvalue weighted by molar-refractivity contribution is 6.11. The Morgan fingerprint density at radius 1 is 1.08 bits per heavy atom. The summed E-state index contributed by atoms with van der Waals surface area (Å²) in [7, 11) is 0. The van der Waals surface area contributed by atoms with Crippen molar-refractivity contribution in [3.8, 4) is 0 Å². The van der Waals surface area contributed by atoms with Crippen molar-refractivity contribution in [2.75, 3.05) is 0 Å². The molecule has 3 fully saturated rings. The maximum atomic E-state index is 12.9. The van der Waals surface area contributed by atoms with Crippen molar-refractivity contribution in [2.24, 2.45) is 11.3 Å². The zero-order valence-corrected chi connectivity index (χ0v) is 15.0. The Morgan fingerprint density at radius 2 is 1.79 bits per heavy atom. The molecule has 6 atom stereocenters. The van der Waals surface area contributed by atoms with Crippen LogP contribution in [-0.2, 0) is 19.1 Å². The van der Waals surface area contributed by atoms with Gasteiger partial charge in [-0.3, -0.25) is 9.59 Å². The second kappa shape index (κ2) is 4.67. The quantitative estimate of drug-likeness (QED) is 0.640. The zero-order valence-electron chi connectivity index (χ0n) is 15.0. The molecule has 0 N–H and O–H groups in total. The van der Waals surface area contributed by atoms with Gasteiger partial charge in [0, 0.05) is 16.9 Å². The molecule has 2 saturated heterocycles. The fourth-order valence-corrected chi connectivity index (χ4v) is 4.52. The van der Waals surface area contributed by atoms with Gasteiger partial charge in [0.15, 0.2) is 11.6 Å². The summed E-state index contributed by atoms with van der Waals surface area (Å²) in [4.78, 5) is 25.5. The van der Waals surface area contributed by atoms with Crippen LogP contribution in [0.4, 0.5) is 0 Å². The van der Waals surface area contributed by atoms with Crippen molar-refractivity contribution in [1.82, 2.24) is 0 Å². The molecule has 0 spiro atoms. The normalized spacial score (nSPS) is 50.9. The predicted molar refractivity (Wildman–Crippen MR) is 89.5 cm³/mol. The number of carbonyl (C=O) groups is 2. The van der Waals surface area contributed by atoms with Gasteiger partial charge in [-0.15, -0.1) is 0 Å². The number of carbonyl (C=O) groups excluding carboxylic acids is 2. The Morgan fingerprint density at radius 3 is 2.50 bits per heavy atom. The number of ether oxygens (including phenoxy) is 2. The van der Waals surface area contributed by atoms with E-state index >= 15 is 0 Å². The van der Waals surface area contributed by atoms with E-state index in [1.165, 1.54) is 6.08 Å². The van der Waals surface area contributed by atoms with Gasteiger partial charge in [-0.2, -0.15) is 0 Å². The molecular weight excluding hydrogens is 304 g/mol. The van der Waals surface area contributed by atoms with Crippen molar-refractivity contribution in [2.45, 2.75) is 76.8 Å². The number of rotatable bonds is 0. The number of fused-ring (bicyclic) bond motifs is 4. The first-order valence-electron chi connectivity index (χ1n) is 8.96. The lowest BCUT2D eigenvalue weighted by Crippen LogP contribution is -2.40. The van der Waals surface area contributed by atoms with Gasteiger partial charge in [0.1, 0.15) is 11.7 Å². The third-order valence-corrected chi connectivity index (χ3v) is 7.15. The molecule has 0 amide bonds. The summed E-state index contributed by atoms with van der Waals surface area (Å²) >= 11 is 0.